The highest BCUT2D eigenvalue weighted by atomic mass is 16.5. The third-order valence-corrected chi connectivity index (χ3v) is 2.59. The van der Waals surface area contributed by atoms with Crippen molar-refractivity contribution in [2.75, 3.05) is 7.11 Å². The number of nitriles is 1. The maximum atomic E-state index is 11.9. The standard InChI is InChI=1S/C13H16N2O2/c1-13(2,17-3)12(16)15-11(9-14)10-7-5-4-6-8-10/h4-8,11H,1-3H3,(H,15,16). The number of rotatable bonds is 4. The molecule has 17 heavy (non-hydrogen) atoms. The number of hydrogen-bond acceptors (Lipinski definition) is 3. The van der Waals surface area contributed by atoms with Crippen LogP contribution in [-0.2, 0) is 9.53 Å². The van der Waals surface area contributed by atoms with Crippen LogP contribution < -0.4 is 5.32 Å². The number of benzene rings is 1. The number of hydrogen-bond donors (Lipinski definition) is 1. The first-order chi connectivity index (χ1) is 8.01. The predicted octanol–water partition coefficient (Wildman–Crippen LogP) is 1.79. The van der Waals surface area contributed by atoms with Crippen LogP contribution >= 0.6 is 0 Å². The first-order valence-corrected chi connectivity index (χ1v) is 5.32. The van der Waals surface area contributed by atoms with Gasteiger partial charge in [-0.15, -0.1) is 0 Å². The first-order valence-electron chi connectivity index (χ1n) is 5.32. The van der Waals surface area contributed by atoms with Crippen molar-refractivity contribution in [2.45, 2.75) is 25.5 Å². The fourth-order valence-electron chi connectivity index (χ4n) is 1.23. The van der Waals surface area contributed by atoms with Gasteiger partial charge in [0.15, 0.2) is 0 Å². The van der Waals surface area contributed by atoms with E-state index in [0.717, 1.165) is 5.56 Å². The van der Waals surface area contributed by atoms with Crippen molar-refractivity contribution in [3.63, 3.8) is 0 Å². The van der Waals surface area contributed by atoms with E-state index in [1.54, 1.807) is 26.0 Å². The van der Waals surface area contributed by atoms with Gasteiger partial charge in [0.25, 0.3) is 5.91 Å². The number of carbonyl (C=O) groups is 1. The van der Waals surface area contributed by atoms with E-state index in [2.05, 4.69) is 11.4 Å². The Morgan fingerprint density at radius 1 is 1.41 bits per heavy atom. The molecule has 0 aliphatic carbocycles. The van der Waals surface area contributed by atoms with Gasteiger partial charge < -0.3 is 10.1 Å². The Labute approximate surface area is 101 Å². The molecule has 0 spiro atoms. The molecule has 0 bridgehead atoms. The van der Waals surface area contributed by atoms with Crippen molar-refractivity contribution >= 4 is 5.91 Å². The molecule has 4 nitrogen and oxygen atoms in total. The maximum Gasteiger partial charge on any atom is 0.252 e. The molecular weight excluding hydrogens is 216 g/mol. The highest BCUT2D eigenvalue weighted by Gasteiger charge is 2.29. The largest absolute Gasteiger partial charge is 0.369 e. The Hall–Kier alpha value is -1.86. The minimum atomic E-state index is -0.941. The van der Waals surface area contributed by atoms with E-state index in [0.29, 0.717) is 0 Å². The molecule has 0 heterocycles. The lowest BCUT2D eigenvalue weighted by Crippen LogP contribution is -2.44. The van der Waals surface area contributed by atoms with Gasteiger partial charge in [0.05, 0.1) is 6.07 Å². The Bertz CT molecular complexity index is 421. The zero-order valence-corrected chi connectivity index (χ0v) is 10.2. The molecule has 0 aromatic heterocycles. The van der Waals surface area contributed by atoms with E-state index in [1.165, 1.54) is 7.11 Å². The van der Waals surface area contributed by atoms with Crippen LogP contribution in [0.2, 0.25) is 0 Å². The van der Waals surface area contributed by atoms with E-state index >= 15 is 0 Å². The van der Waals surface area contributed by atoms with Crippen LogP contribution in [-0.4, -0.2) is 18.6 Å². The van der Waals surface area contributed by atoms with Crippen LogP contribution in [0, 0.1) is 11.3 Å². The smallest absolute Gasteiger partial charge is 0.252 e. The second kappa shape index (κ2) is 5.46. The van der Waals surface area contributed by atoms with Crippen LogP contribution in [0.25, 0.3) is 0 Å². The van der Waals surface area contributed by atoms with Gasteiger partial charge >= 0.3 is 0 Å². The lowest BCUT2D eigenvalue weighted by Gasteiger charge is -2.23. The fraction of sp³-hybridized carbons (Fsp3) is 0.385. The monoisotopic (exact) mass is 232 g/mol. The first kappa shape index (κ1) is 13.2. The van der Waals surface area contributed by atoms with E-state index in [-0.39, 0.29) is 5.91 Å². The van der Waals surface area contributed by atoms with Crippen molar-refractivity contribution in [2.24, 2.45) is 0 Å². The van der Waals surface area contributed by atoms with Crippen LogP contribution in [0.5, 0.6) is 0 Å². The minimum Gasteiger partial charge on any atom is -0.369 e. The topological polar surface area (TPSA) is 62.1 Å². The second-order valence-electron chi connectivity index (χ2n) is 4.16. The van der Waals surface area contributed by atoms with Gasteiger partial charge in [0.2, 0.25) is 0 Å². The van der Waals surface area contributed by atoms with Gasteiger partial charge in [0.1, 0.15) is 11.6 Å². The Kier molecular flexibility index (Phi) is 4.24. The number of carbonyl (C=O) groups excluding carboxylic acids is 1. The average molecular weight is 232 g/mol. The summed E-state index contributed by atoms with van der Waals surface area (Å²) in [5.41, 5.74) is -0.181. The summed E-state index contributed by atoms with van der Waals surface area (Å²) >= 11 is 0. The second-order valence-corrected chi connectivity index (χ2v) is 4.16. The van der Waals surface area contributed by atoms with Crippen molar-refractivity contribution in [3.8, 4) is 6.07 Å². The number of ether oxygens (including phenoxy) is 1. The molecule has 1 rings (SSSR count). The van der Waals surface area contributed by atoms with Crippen molar-refractivity contribution < 1.29 is 9.53 Å². The molecule has 1 aromatic carbocycles. The SMILES string of the molecule is COC(C)(C)C(=O)NC(C#N)c1ccccc1. The van der Waals surface area contributed by atoms with Gasteiger partial charge in [-0.3, -0.25) is 4.79 Å². The number of methoxy groups -OCH3 is 1. The van der Waals surface area contributed by atoms with E-state index in [1.807, 2.05) is 18.2 Å². The van der Waals surface area contributed by atoms with Gasteiger partial charge in [-0.25, -0.2) is 0 Å². The van der Waals surface area contributed by atoms with Gasteiger partial charge in [-0.2, -0.15) is 5.26 Å². The lowest BCUT2D eigenvalue weighted by atomic mass is 10.1. The predicted molar refractivity (Wildman–Crippen MR) is 64.0 cm³/mol. The molecule has 0 aliphatic heterocycles. The van der Waals surface area contributed by atoms with Gasteiger partial charge in [0, 0.05) is 7.11 Å². The lowest BCUT2D eigenvalue weighted by molar-refractivity contribution is -0.139. The third-order valence-electron chi connectivity index (χ3n) is 2.59. The van der Waals surface area contributed by atoms with Crippen LogP contribution in [0.15, 0.2) is 30.3 Å². The quantitative estimate of drug-likeness (QED) is 0.860. The number of nitrogens with zero attached hydrogens (tertiary/aromatic N) is 1. The molecule has 1 N–H and O–H groups in total. The van der Waals surface area contributed by atoms with Crippen LogP contribution in [0.3, 0.4) is 0 Å². The Morgan fingerprint density at radius 2 is 2.00 bits per heavy atom. The zero-order chi connectivity index (χ0) is 12.9. The average Bonchev–Trinajstić information content (AvgIpc) is 2.36. The molecule has 0 saturated heterocycles. The molecule has 0 radical (unpaired) electrons. The Balaban J connectivity index is 2.80. The summed E-state index contributed by atoms with van der Waals surface area (Å²) in [6.45, 7) is 3.31. The normalized spacial score (nSPS) is 12.6. The summed E-state index contributed by atoms with van der Waals surface area (Å²) in [4.78, 5) is 11.9. The molecular formula is C13H16N2O2. The van der Waals surface area contributed by atoms with E-state index in [9.17, 15) is 4.79 Å². The molecule has 0 saturated carbocycles. The highest BCUT2D eigenvalue weighted by Crippen LogP contribution is 2.14. The van der Waals surface area contributed by atoms with Crippen LogP contribution in [0.4, 0.5) is 0 Å². The molecule has 4 heteroatoms. The molecule has 0 aliphatic rings. The molecule has 1 amide bonds. The van der Waals surface area contributed by atoms with E-state index in [4.69, 9.17) is 10.00 Å². The van der Waals surface area contributed by atoms with Crippen molar-refractivity contribution in [3.05, 3.63) is 35.9 Å². The molecule has 1 atom stereocenters. The Morgan fingerprint density at radius 3 is 2.47 bits per heavy atom. The summed E-state index contributed by atoms with van der Waals surface area (Å²) in [5.74, 6) is -0.310. The molecule has 90 valence electrons. The summed E-state index contributed by atoms with van der Waals surface area (Å²) in [5, 5.41) is 11.7. The summed E-state index contributed by atoms with van der Waals surface area (Å²) in [6.07, 6.45) is 0. The van der Waals surface area contributed by atoms with Crippen molar-refractivity contribution in [1.29, 1.82) is 5.26 Å². The van der Waals surface area contributed by atoms with Crippen LogP contribution in [0.1, 0.15) is 25.5 Å². The number of amides is 1. The van der Waals surface area contributed by atoms with Crippen molar-refractivity contribution in [1.82, 2.24) is 5.32 Å². The molecule has 1 aromatic rings. The highest BCUT2D eigenvalue weighted by molar-refractivity contribution is 5.84. The summed E-state index contributed by atoms with van der Waals surface area (Å²) in [7, 11) is 1.46. The van der Waals surface area contributed by atoms with Gasteiger partial charge in [-0.1, -0.05) is 30.3 Å². The summed E-state index contributed by atoms with van der Waals surface area (Å²) in [6, 6.07) is 10.5. The summed E-state index contributed by atoms with van der Waals surface area (Å²) < 4.78 is 5.06. The zero-order valence-electron chi connectivity index (χ0n) is 10.2. The minimum absolute atomic E-state index is 0.310. The van der Waals surface area contributed by atoms with Gasteiger partial charge in [-0.05, 0) is 19.4 Å². The fourth-order valence-corrected chi connectivity index (χ4v) is 1.23. The molecule has 0 fully saturated rings. The third kappa shape index (κ3) is 3.30. The number of nitrogens with one attached hydrogen (secondary N) is 1. The van der Waals surface area contributed by atoms with E-state index < -0.39 is 11.6 Å². The maximum absolute atomic E-state index is 11.9. The molecule has 1 unspecified atom stereocenters.